The minimum absolute atomic E-state index is 0.0908. The minimum atomic E-state index is -0.468. The van der Waals surface area contributed by atoms with Gasteiger partial charge in [0.1, 0.15) is 0 Å². The van der Waals surface area contributed by atoms with E-state index < -0.39 is 11.8 Å². The van der Waals surface area contributed by atoms with Crippen LogP contribution in [0.4, 0.5) is 0 Å². The highest BCUT2D eigenvalue weighted by Crippen LogP contribution is 2.19. The van der Waals surface area contributed by atoms with E-state index in [0.29, 0.717) is 24.6 Å². The Kier molecular flexibility index (Phi) is 13.8. The number of carbonyl (C=O) groups excluding carboxylic acids is 4. The molecule has 0 rings (SSSR count). The molecule has 8 N–H and O–H groups in total. The molecule has 0 aliphatic heterocycles. The van der Waals surface area contributed by atoms with Gasteiger partial charge in [0.25, 0.3) is 0 Å². The number of carbonyl (C=O) groups is 4. The maximum atomic E-state index is 11.6. The number of amides is 4. The zero-order chi connectivity index (χ0) is 19.9. The summed E-state index contributed by atoms with van der Waals surface area (Å²) in [6, 6.07) is 0. The van der Waals surface area contributed by atoms with Crippen molar-refractivity contribution < 1.29 is 19.2 Å². The van der Waals surface area contributed by atoms with Gasteiger partial charge >= 0.3 is 0 Å². The molecule has 0 saturated heterocycles. The first-order chi connectivity index (χ1) is 12.3. The highest BCUT2D eigenvalue weighted by Gasteiger charge is 2.16. The molecule has 2 unspecified atom stereocenters. The molecule has 0 heterocycles. The van der Waals surface area contributed by atoms with Crippen molar-refractivity contribution in [1.29, 1.82) is 0 Å². The Morgan fingerprint density at radius 2 is 1.12 bits per heavy atom. The molecule has 2 atom stereocenters. The lowest BCUT2D eigenvalue weighted by molar-refractivity contribution is -0.129. The quantitative estimate of drug-likeness (QED) is 0.0713. The summed E-state index contributed by atoms with van der Waals surface area (Å²) < 4.78 is 0. The van der Waals surface area contributed by atoms with Crippen LogP contribution in [0.15, 0.2) is 0 Å². The summed E-state index contributed by atoms with van der Waals surface area (Å²) >= 11 is 0. The van der Waals surface area contributed by atoms with E-state index in [-0.39, 0.29) is 36.5 Å². The fourth-order valence-electron chi connectivity index (χ4n) is 1.75. The van der Waals surface area contributed by atoms with Crippen LogP contribution in [0, 0.1) is 11.8 Å². The lowest BCUT2D eigenvalue weighted by Gasteiger charge is -2.10. The lowest BCUT2D eigenvalue weighted by atomic mass is 10.1. The molecular formula is C14H28N6O4S2. The van der Waals surface area contributed by atoms with E-state index in [1.807, 2.05) is 10.9 Å². The first-order valence-corrected chi connectivity index (χ1v) is 10.6. The third-order valence-electron chi connectivity index (χ3n) is 3.26. The Balaban J connectivity index is 3.59. The van der Waals surface area contributed by atoms with E-state index in [1.165, 1.54) is 0 Å². The molecule has 0 fully saturated rings. The molecule has 0 radical (unpaired) electrons. The number of nitrogens with one attached hydrogen (secondary N) is 4. The number of nitrogens with two attached hydrogens (primary N) is 2. The first kappa shape index (κ1) is 24.5. The van der Waals surface area contributed by atoms with Gasteiger partial charge in [-0.2, -0.15) is 0 Å². The summed E-state index contributed by atoms with van der Waals surface area (Å²) in [7, 11) is 3.14. The summed E-state index contributed by atoms with van der Waals surface area (Å²) in [5.41, 5.74) is 4.02. The zero-order valence-electron chi connectivity index (χ0n) is 15.0. The molecule has 0 aliphatic rings. The molecule has 0 aliphatic carbocycles. The third kappa shape index (κ3) is 12.0. The van der Waals surface area contributed by atoms with E-state index in [2.05, 4.69) is 10.6 Å². The summed E-state index contributed by atoms with van der Waals surface area (Å²) in [4.78, 5) is 45.6. The number of hydrazine groups is 2. The van der Waals surface area contributed by atoms with Crippen LogP contribution in [0.2, 0.25) is 0 Å². The standard InChI is InChI=1S/C14H28N6O4S2/c1-9(13(23)19-15)7-11(21)17-3-5-25-26-6-4-18-12(22)8-10(2)14(24)20-16/h9-10H,3-8,15-16H2,1-2H3,(H,17,21)(H,18,22)(H,19,23)(H,20,24). The van der Waals surface area contributed by atoms with Crippen molar-refractivity contribution in [3.8, 4) is 0 Å². The summed E-state index contributed by atoms with van der Waals surface area (Å²) in [6.07, 6.45) is 0.182. The van der Waals surface area contributed by atoms with Crippen LogP contribution in [0.3, 0.4) is 0 Å². The largest absolute Gasteiger partial charge is 0.355 e. The van der Waals surface area contributed by atoms with E-state index in [9.17, 15) is 19.2 Å². The second kappa shape index (κ2) is 14.6. The van der Waals surface area contributed by atoms with Crippen LogP contribution in [0.5, 0.6) is 0 Å². The van der Waals surface area contributed by atoms with Gasteiger partial charge in [0.2, 0.25) is 23.6 Å². The average molecular weight is 409 g/mol. The smallest absolute Gasteiger partial charge is 0.237 e. The van der Waals surface area contributed by atoms with Gasteiger partial charge in [-0.25, -0.2) is 11.7 Å². The molecule has 0 aromatic rings. The highest BCUT2D eigenvalue weighted by molar-refractivity contribution is 8.76. The molecule has 26 heavy (non-hydrogen) atoms. The van der Waals surface area contributed by atoms with Crippen molar-refractivity contribution in [2.24, 2.45) is 23.5 Å². The second-order valence-electron chi connectivity index (χ2n) is 5.57. The van der Waals surface area contributed by atoms with Crippen LogP contribution < -0.4 is 33.2 Å². The van der Waals surface area contributed by atoms with Crippen LogP contribution in [-0.2, 0) is 19.2 Å². The number of hydrogen-bond acceptors (Lipinski definition) is 8. The van der Waals surface area contributed by atoms with Gasteiger partial charge in [-0.1, -0.05) is 35.4 Å². The normalized spacial score (nSPS) is 12.6. The van der Waals surface area contributed by atoms with Crippen molar-refractivity contribution in [3.63, 3.8) is 0 Å². The lowest BCUT2D eigenvalue weighted by Crippen LogP contribution is -2.37. The second-order valence-corrected chi connectivity index (χ2v) is 8.27. The molecular weight excluding hydrogens is 380 g/mol. The van der Waals surface area contributed by atoms with Gasteiger partial charge in [-0.05, 0) is 0 Å². The van der Waals surface area contributed by atoms with Gasteiger partial charge < -0.3 is 10.6 Å². The molecule has 12 heteroatoms. The molecule has 10 nitrogen and oxygen atoms in total. The zero-order valence-corrected chi connectivity index (χ0v) is 16.6. The van der Waals surface area contributed by atoms with Crippen molar-refractivity contribution in [2.45, 2.75) is 26.7 Å². The van der Waals surface area contributed by atoms with Crippen LogP contribution in [0.1, 0.15) is 26.7 Å². The molecule has 0 aromatic heterocycles. The predicted octanol–water partition coefficient (Wildman–Crippen LogP) is -1.37. The highest BCUT2D eigenvalue weighted by atomic mass is 33.1. The molecule has 150 valence electrons. The van der Waals surface area contributed by atoms with Crippen LogP contribution in [-0.4, -0.2) is 48.2 Å². The number of rotatable bonds is 13. The van der Waals surface area contributed by atoms with Gasteiger partial charge in [0.15, 0.2) is 0 Å². The Bertz CT molecular complexity index is 438. The maximum absolute atomic E-state index is 11.6. The summed E-state index contributed by atoms with van der Waals surface area (Å²) in [6.45, 7) is 4.24. The molecule has 0 spiro atoms. The molecule has 0 bridgehead atoms. The number of hydrogen-bond donors (Lipinski definition) is 6. The average Bonchev–Trinajstić information content (AvgIpc) is 2.61. The van der Waals surface area contributed by atoms with Gasteiger partial charge in [-0.15, -0.1) is 0 Å². The SMILES string of the molecule is CC(CC(=O)NCCSSCCNC(=O)CC(C)C(=O)NN)C(=O)NN. The summed E-state index contributed by atoms with van der Waals surface area (Å²) in [5.74, 6) is 9.34. The van der Waals surface area contributed by atoms with E-state index in [1.54, 1.807) is 35.4 Å². The van der Waals surface area contributed by atoms with Crippen molar-refractivity contribution in [1.82, 2.24) is 21.5 Å². The van der Waals surface area contributed by atoms with E-state index in [4.69, 9.17) is 11.7 Å². The maximum Gasteiger partial charge on any atom is 0.237 e. The first-order valence-electron chi connectivity index (χ1n) is 8.10. The fourth-order valence-corrected chi connectivity index (χ4v) is 3.57. The fraction of sp³-hybridized carbons (Fsp3) is 0.714. The van der Waals surface area contributed by atoms with Crippen molar-refractivity contribution in [3.05, 3.63) is 0 Å². The van der Waals surface area contributed by atoms with Gasteiger partial charge in [0, 0.05) is 49.3 Å². The van der Waals surface area contributed by atoms with Crippen molar-refractivity contribution >= 4 is 45.2 Å². The summed E-state index contributed by atoms with van der Waals surface area (Å²) in [5, 5.41) is 5.46. The van der Waals surface area contributed by atoms with E-state index in [0.717, 1.165) is 0 Å². The van der Waals surface area contributed by atoms with Gasteiger partial charge in [0.05, 0.1) is 0 Å². The van der Waals surface area contributed by atoms with Crippen molar-refractivity contribution in [2.75, 3.05) is 24.6 Å². The van der Waals surface area contributed by atoms with Gasteiger partial charge in [-0.3, -0.25) is 30.0 Å². The minimum Gasteiger partial charge on any atom is -0.355 e. The Morgan fingerprint density at radius 3 is 1.42 bits per heavy atom. The topological polar surface area (TPSA) is 168 Å². The Labute approximate surface area is 161 Å². The van der Waals surface area contributed by atoms with Crippen LogP contribution >= 0.6 is 21.6 Å². The third-order valence-corrected chi connectivity index (χ3v) is 5.67. The Morgan fingerprint density at radius 1 is 0.769 bits per heavy atom. The Hall–Kier alpha value is -1.50. The van der Waals surface area contributed by atoms with E-state index >= 15 is 0 Å². The molecule has 0 saturated carbocycles. The predicted molar refractivity (Wildman–Crippen MR) is 103 cm³/mol. The van der Waals surface area contributed by atoms with Crippen LogP contribution in [0.25, 0.3) is 0 Å². The monoisotopic (exact) mass is 408 g/mol. The molecule has 0 aromatic carbocycles. The molecule has 4 amide bonds.